The van der Waals surface area contributed by atoms with Crippen molar-refractivity contribution in [2.75, 3.05) is 13.2 Å². The Labute approximate surface area is 110 Å². The lowest BCUT2D eigenvalue weighted by molar-refractivity contribution is 0.297. The molecule has 0 radical (unpaired) electrons. The number of imidazole rings is 1. The molecular weight excluding hydrogens is 242 g/mol. The summed E-state index contributed by atoms with van der Waals surface area (Å²) < 4.78 is 11.2. The number of aromatic nitrogens is 2. The van der Waals surface area contributed by atoms with Crippen LogP contribution in [0.5, 0.6) is 11.5 Å². The highest BCUT2D eigenvalue weighted by atomic mass is 16.5. The fraction of sp³-hybridized carbons (Fsp3) is 0.286. The lowest BCUT2D eigenvalue weighted by Crippen LogP contribution is -2.01. The number of rotatable bonds is 2. The number of hydrogen-bond donors (Lipinski definition) is 1. The van der Waals surface area contributed by atoms with Crippen LogP contribution in [0, 0.1) is 11.3 Å². The van der Waals surface area contributed by atoms with Gasteiger partial charge in [0.15, 0.2) is 11.5 Å². The summed E-state index contributed by atoms with van der Waals surface area (Å²) in [6, 6.07) is 7.84. The first-order valence-electron chi connectivity index (χ1n) is 6.17. The average Bonchev–Trinajstić information content (AvgIpc) is 2.85. The molecule has 0 bridgehead atoms. The molecule has 0 saturated heterocycles. The monoisotopic (exact) mass is 255 g/mol. The molecule has 1 unspecified atom stereocenters. The Morgan fingerprint density at radius 2 is 2.11 bits per heavy atom. The fourth-order valence-electron chi connectivity index (χ4n) is 2.09. The first-order valence-corrected chi connectivity index (χ1v) is 6.17. The molecule has 2 aromatic rings. The van der Waals surface area contributed by atoms with E-state index in [2.05, 4.69) is 16.0 Å². The molecule has 0 spiro atoms. The highest BCUT2D eigenvalue weighted by Gasteiger charge is 2.19. The first-order chi connectivity index (χ1) is 9.38. The second-order valence-corrected chi connectivity index (χ2v) is 4.29. The van der Waals surface area contributed by atoms with Gasteiger partial charge in [-0.25, -0.2) is 4.98 Å². The highest BCUT2D eigenvalue weighted by molar-refractivity contribution is 5.46. The van der Waals surface area contributed by atoms with Gasteiger partial charge in [0.05, 0.1) is 19.3 Å². The molecule has 0 amide bonds. The highest BCUT2D eigenvalue weighted by Crippen LogP contribution is 2.33. The number of nitriles is 1. The topological polar surface area (TPSA) is 70.9 Å². The molecule has 3 rings (SSSR count). The van der Waals surface area contributed by atoms with E-state index in [0.29, 0.717) is 24.8 Å². The van der Waals surface area contributed by atoms with Gasteiger partial charge in [-0.2, -0.15) is 5.26 Å². The van der Waals surface area contributed by atoms with Gasteiger partial charge >= 0.3 is 0 Å². The van der Waals surface area contributed by atoms with Gasteiger partial charge in [-0.05, 0) is 17.7 Å². The van der Waals surface area contributed by atoms with Crippen LogP contribution in [0.15, 0.2) is 30.6 Å². The molecule has 1 aromatic carbocycles. The molecule has 96 valence electrons. The number of fused-ring (bicyclic) bond motifs is 1. The molecule has 1 aliphatic rings. The molecule has 0 fully saturated rings. The normalized spacial score (nSPS) is 15.3. The van der Waals surface area contributed by atoms with E-state index in [1.165, 1.54) is 0 Å². The van der Waals surface area contributed by atoms with E-state index in [-0.39, 0.29) is 0 Å². The maximum Gasteiger partial charge on any atom is 0.161 e. The van der Waals surface area contributed by atoms with E-state index in [9.17, 15) is 5.26 Å². The van der Waals surface area contributed by atoms with Gasteiger partial charge in [-0.1, -0.05) is 6.07 Å². The predicted molar refractivity (Wildman–Crippen MR) is 68.1 cm³/mol. The van der Waals surface area contributed by atoms with Crippen LogP contribution in [0.25, 0.3) is 0 Å². The Kier molecular flexibility index (Phi) is 3.07. The van der Waals surface area contributed by atoms with E-state index >= 15 is 0 Å². The number of hydrogen-bond acceptors (Lipinski definition) is 4. The maximum atomic E-state index is 9.33. The van der Waals surface area contributed by atoms with Crippen LogP contribution >= 0.6 is 0 Å². The molecule has 5 nitrogen and oxygen atoms in total. The van der Waals surface area contributed by atoms with Crippen molar-refractivity contribution in [2.45, 2.75) is 12.3 Å². The number of nitrogens with one attached hydrogen (secondary N) is 1. The summed E-state index contributed by atoms with van der Waals surface area (Å²) in [6.45, 7) is 1.29. The second-order valence-electron chi connectivity index (χ2n) is 4.29. The SMILES string of the molecule is N#CC(c1ccc2c(c1)OCCCO2)c1ncc[nH]1. The van der Waals surface area contributed by atoms with Crippen molar-refractivity contribution < 1.29 is 9.47 Å². The quantitative estimate of drug-likeness (QED) is 0.893. The zero-order chi connectivity index (χ0) is 13.1. The molecule has 19 heavy (non-hydrogen) atoms. The third-order valence-electron chi connectivity index (χ3n) is 3.03. The van der Waals surface area contributed by atoms with E-state index in [1.54, 1.807) is 12.4 Å². The van der Waals surface area contributed by atoms with Crippen LogP contribution in [0.3, 0.4) is 0 Å². The summed E-state index contributed by atoms with van der Waals surface area (Å²) in [5, 5.41) is 9.33. The van der Waals surface area contributed by atoms with Gasteiger partial charge in [0, 0.05) is 18.8 Å². The number of nitrogens with zero attached hydrogens (tertiary/aromatic N) is 2. The lowest BCUT2D eigenvalue weighted by Gasteiger charge is -2.11. The zero-order valence-corrected chi connectivity index (χ0v) is 10.3. The molecule has 5 heteroatoms. The van der Waals surface area contributed by atoms with E-state index < -0.39 is 5.92 Å². The minimum Gasteiger partial charge on any atom is -0.490 e. The van der Waals surface area contributed by atoms with Gasteiger partial charge in [0.1, 0.15) is 11.7 Å². The van der Waals surface area contributed by atoms with Gasteiger partial charge in [-0.15, -0.1) is 0 Å². The smallest absolute Gasteiger partial charge is 0.161 e. The summed E-state index contributed by atoms with van der Waals surface area (Å²) in [5.41, 5.74) is 0.849. The summed E-state index contributed by atoms with van der Waals surface area (Å²) in [4.78, 5) is 7.12. The van der Waals surface area contributed by atoms with Crippen molar-refractivity contribution in [1.82, 2.24) is 9.97 Å². The van der Waals surface area contributed by atoms with Crippen LogP contribution in [0.2, 0.25) is 0 Å². The second kappa shape index (κ2) is 5.02. The largest absolute Gasteiger partial charge is 0.490 e. The Balaban J connectivity index is 1.97. The number of H-pyrrole nitrogens is 1. The number of aromatic amines is 1. The average molecular weight is 255 g/mol. The minimum absolute atomic E-state index is 0.424. The maximum absolute atomic E-state index is 9.33. The summed E-state index contributed by atoms with van der Waals surface area (Å²) in [5.74, 6) is 1.64. The Bertz CT molecular complexity index is 602. The van der Waals surface area contributed by atoms with Gasteiger partial charge in [-0.3, -0.25) is 0 Å². The van der Waals surface area contributed by atoms with E-state index in [0.717, 1.165) is 17.7 Å². The summed E-state index contributed by atoms with van der Waals surface area (Å²) >= 11 is 0. The molecule has 0 aliphatic carbocycles. The Morgan fingerprint density at radius 1 is 1.26 bits per heavy atom. The van der Waals surface area contributed by atoms with Crippen molar-refractivity contribution in [2.24, 2.45) is 0 Å². The fourth-order valence-corrected chi connectivity index (χ4v) is 2.09. The standard InChI is InChI=1S/C14H13N3O2/c15-9-11(14-16-4-5-17-14)10-2-3-12-13(8-10)19-7-1-6-18-12/h2-5,8,11H,1,6-7H2,(H,16,17). The molecule has 1 N–H and O–H groups in total. The number of benzene rings is 1. The molecule has 1 aromatic heterocycles. The van der Waals surface area contributed by atoms with Gasteiger partial charge in [0.25, 0.3) is 0 Å². The van der Waals surface area contributed by atoms with E-state index in [1.807, 2.05) is 18.2 Å². The lowest BCUT2D eigenvalue weighted by atomic mass is 9.99. The van der Waals surface area contributed by atoms with Crippen molar-refractivity contribution in [3.8, 4) is 17.6 Å². The first kappa shape index (κ1) is 11.6. The van der Waals surface area contributed by atoms with E-state index in [4.69, 9.17) is 9.47 Å². The molecule has 2 heterocycles. The Morgan fingerprint density at radius 3 is 2.84 bits per heavy atom. The predicted octanol–water partition coefficient (Wildman–Crippen LogP) is 2.23. The van der Waals surface area contributed by atoms with Crippen molar-refractivity contribution >= 4 is 0 Å². The molecule has 1 aliphatic heterocycles. The molecule has 0 saturated carbocycles. The third kappa shape index (κ3) is 2.25. The summed E-state index contributed by atoms with van der Waals surface area (Å²) in [7, 11) is 0. The van der Waals surface area contributed by atoms with Crippen LogP contribution in [0.1, 0.15) is 23.7 Å². The molecule has 1 atom stereocenters. The minimum atomic E-state index is -0.424. The van der Waals surface area contributed by atoms with Crippen molar-refractivity contribution in [1.29, 1.82) is 5.26 Å². The zero-order valence-electron chi connectivity index (χ0n) is 10.3. The van der Waals surface area contributed by atoms with Crippen LogP contribution in [-0.4, -0.2) is 23.2 Å². The third-order valence-corrected chi connectivity index (χ3v) is 3.03. The van der Waals surface area contributed by atoms with Gasteiger partial charge in [0.2, 0.25) is 0 Å². The van der Waals surface area contributed by atoms with Crippen LogP contribution in [-0.2, 0) is 0 Å². The Hall–Kier alpha value is -2.48. The van der Waals surface area contributed by atoms with Crippen LogP contribution in [0.4, 0.5) is 0 Å². The summed E-state index contributed by atoms with van der Waals surface area (Å²) in [6.07, 6.45) is 4.22. The number of ether oxygens (including phenoxy) is 2. The van der Waals surface area contributed by atoms with Crippen molar-refractivity contribution in [3.63, 3.8) is 0 Å². The van der Waals surface area contributed by atoms with Crippen LogP contribution < -0.4 is 9.47 Å². The van der Waals surface area contributed by atoms with Gasteiger partial charge < -0.3 is 14.5 Å². The van der Waals surface area contributed by atoms with Crippen molar-refractivity contribution in [3.05, 3.63) is 42.0 Å². The molecular formula is C14H13N3O2.